The molecular formula is C38H43F2N6O3+. The van der Waals surface area contributed by atoms with E-state index in [0.717, 1.165) is 62.0 Å². The summed E-state index contributed by atoms with van der Waals surface area (Å²) in [5.74, 6) is -1.72. The molecule has 0 aliphatic carbocycles. The van der Waals surface area contributed by atoms with Crippen LogP contribution in [-0.2, 0) is 17.8 Å². The molecule has 2 heterocycles. The standard InChI is InChI=1S/C38H42F2N6O3/c1-45-9-11-46(12-10-45)31-5-6-32(36(21-31)43-30-7-13-49-14-8-30)38(48)44-37(42)34-19-27(16-25-17-28(39)20-29(40)18-25)33(22-35(34)41)26-4-2-3-24(15-26)23-47/h2-6,15,17-22,30,43,47H,7-14,16,23,41H2,1H3,(H2,42,44,48)/p+1. The minimum atomic E-state index is -0.684. The molecule has 11 heteroatoms. The van der Waals surface area contributed by atoms with Gasteiger partial charge in [0.15, 0.2) is 0 Å². The third-order valence-electron chi connectivity index (χ3n) is 9.25. The number of amides is 1. The minimum Gasteiger partial charge on any atom is -0.398 e. The monoisotopic (exact) mass is 669 g/mol. The maximum absolute atomic E-state index is 14.2. The molecule has 6 rings (SSSR count). The van der Waals surface area contributed by atoms with Gasteiger partial charge in [0, 0.05) is 62.9 Å². The van der Waals surface area contributed by atoms with E-state index in [9.17, 15) is 18.7 Å². The van der Waals surface area contributed by atoms with Crippen molar-refractivity contribution in [1.82, 2.24) is 4.90 Å². The number of hydrogen-bond donors (Lipinski definition) is 5. The van der Waals surface area contributed by atoms with Gasteiger partial charge in [-0.1, -0.05) is 18.2 Å². The van der Waals surface area contributed by atoms with Crippen molar-refractivity contribution in [2.75, 3.05) is 62.4 Å². The Kier molecular flexibility index (Phi) is 10.5. The number of nitrogens with two attached hydrogens (primary N) is 2. The van der Waals surface area contributed by atoms with Crippen LogP contribution in [0.2, 0.25) is 0 Å². The Labute approximate surface area is 285 Å². The van der Waals surface area contributed by atoms with Crippen LogP contribution in [0.15, 0.2) is 72.8 Å². The lowest BCUT2D eigenvalue weighted by Crippen LogP contribution is -2.79. The number of hydrogen-bond acceptors (Lipinski definition) is 7. The molecule has 1 amide bonds. The van der Waals surface area contributed by atoms with Gasteiger partial charge < -0.3 is 30.7 Å². The first-order chi connectivity index (χ1) is 23.7. The normalized spacial score (nSPS) is 16.2. The molecule has 256 valence electrons. The number of amidine groups is 1. The third-order valence-corrected chi connectivity index (χ3v) is 9.25. The van der Waals surface area contributed by atoms with Gasteiger partial charge in [-0.2, -0.15) is 0 Å². The number of aliphatic hydroxyl groups is 1. The summed E-state index contributed by atoms with van der Waals surface area (Å²) in [6, 6.07) is 20.2. The Hall–Kier alpha value is -4.84. The number of anilines is 3. The van der Waals surface area contributed by atoms with Crippen molar-refractivity contribution in [3.05, 3.63) is 112 Å². The van der Waals surface area contributed by atoms with Crippen LogP contribution in [0, 0.1) is 11.6 Å². The fourth-order valence-corrected chi connectivity index (χ4v) is 6.51. The van der Waals surface area contributed by atoms with E-state index in [1.165, 1.54) is 12.1 Å². The molecule has 0 aromatic heterocycles. The van der Waals surface area contributed by atoms with E-state index >= 15 is 0 Å². The molecule has 2 aliphatic heterocycles. The van der Waals surface area contributed by atoms with Gasteiger partial charge in [-0.15, -0.1) is 0 Å². The second-order valence-electron chi connectivity index (χ2n) is 12.8. The molecule has 2 fully saturated rings. The quantitative estimate of drug-likeness (QED) is 0.104. The SMILES string of the molecule is CN1CCN(c2ccc(C(=O)[NH+]=C(N)c3cc(Cc4cc(F)cc(F)c4)c(-c4cccc(CO)c4)cc3N)c(NC3CCOCC3)c2)CC1. The van der Waals surface area contributed by atoms with Crippen LogP contribution in [0.3, 0.4) is 0 Å². The number of nitrogens with zero attached hydrogens (tertiary/aromatic N) is 2. The summed E-state index contributed by atoms with van der Waals surface area (Å²) in [7, 11) is 2.11. The highest BCUT2D eigenvalue weighted by Gasteiger charge is 2.24. The van der Waals surface area contributed by atoms with E-state index in [-0.39, 0.29) is 24.9 Å². The topological polar surface area (TPSA) is 131 Å². The van der Waals surface area contributed by atoms with Gasteiger partial charge in [-0.25, -0.2) is 18.6 Å². The average Bonchev–Trinajstić information content (AvgIpc) is 3.09. The molecule has 2 saturated heterocycles. The number of piperazine rings is 1. The number of nitrogens with one attached hydrogen (secondary N) is 2. The number of aliphatic hydroxyl groups excluding tert-OH is 1. The van der Waals surface area contributed by atoms with Gasteiger partial charge in [0.2, 0.25) is 0 Å². The van der Waals surface area contributed by atoms with Gasteiger partial charge in [-0.05, 0) is 103 Å². The van der Waals surface area contributed by atoms with E-state index in [1.807, 2.05) is 36.4 Å². The summed E-state index contributed by atoms with van der Waals surface area (Å²) in [5.41, 5.74) is 19.3. The summed E-state index contributed by atoms with van der Waals surface area (Å²) >= 11 is 0. The lowest BCUT2D eigenvalue weighted by Gasteiger charge is -2.34. The molecule has 7 N–H and O–H groups in total. The van der Waals surface area contributed by atoms with E-state index in [0.29, 0.717) is 52.3 Å². The zero-order valence-electron chi connectivity index (χ0n) is 27.6. The Morgan fingerprint density at radius 3 is 2.39 bits per heavy atom. The summed E-state index contributed by atoms with van der Waals surface area (Å²) in [4.78, 5) is 21.4. The number of carbonyl (C=O) groups excluding carboxylic acids is 1. The molecule has 49 heavy (non-hydrogen) atoms. The largest absolute Gasteiger partial charge is 0.398 e. The Bertz CT molecular complexity index is 1830. The molecule has 0 bridgehead atoms. The lowest BCUT2D eigenvalue weighted by atomic mass is 9.91. The van der Waals surface area contributed by atoms with Crippen LogP contribution in [0.5, 0.6) is 0 Å². The summed E-state index contributed by atoms with van der Waals surface area (Å²) in [6.45, 7) is 4.86. The fourth-order valence-electron chi connectivity index (χ4n) is 6.51. The van der Waals surface area contributed by atoms with Crippen LogP contribution in [-0.4, -0.2) is 74.2 Å². The Morgan fingerprint density at radius 1 is 0.939 bits per heavy atom. The first-order valence-corrected chi connectivity index (χ1v) is 16.6. The summed E-state index contributed by atoms with van der Waals surface area (Å²) in [6.07, 6.45) is 1.82. The van der Waals surface area contributed by atoms with Gasteiger partial charge >= 0.3 is 5.91 Å². The van der Waals surface area contributed by atoms with Gasteiger partial charge in [0.25, 0.3) is 5.84 Å². The summed E-state index contributed by atoms with van der Waals surface area (Å²) in [5, 5.41) is 13.3. The first-order valence-electron chi connectivity index (χ1n) is 16.6. The van der Waals surface area contributed by atoms with E-state index < -0.39 is 17.5 Å². The molecule has 9 nitrogen and oxygen atoms in total. The molecule has 0 radical (unpaired) electrons. The Morgan fingerprint density at radius 2 is 1.67 bits per heavy atom. The molecule has 0 saturated carbocycles. The minimum absolute atomic E-state index is 0.0463. The number of rotatable bonds is 9. The lowest BCUT2D eigenvalue weighted by molar-refractivity contribution is -0.345. The van der Waals surface area contributed by atoms with Crippen molar-refractivity contribution in [1.29, 1.82) is 0 Å². The fraction of sp³-hybridized carbons (Fsp3) is 0.316. The number of ether oxygens (including phenoxy) is 1. The predicted molar refractivity (Wildman–Crippen MR) is 189 cm³/mol. The van der Waals surface area contributed by atoms with Crippen molar-refractivity contribution in [2.45, 2.75) is 31.9 Å². The van der Waals surface area contributed by atoms with Gasteiger partial charge in [0.05, 0.1) is 23.4 Å². The van der Waals surface area contributed by atoms with Gasteiger partial charge in [0.1, 0.15) is 11.6 Å². The van der Waals surface area contributed by atoms with E-state index in [1.54, 1.807) is 18.2 Å². The highest BCUT2D eigenvalue weighted by Crippen LogP contribution is 2.32. The second kappa shape index (κ2) is 15.1. The smallest absolute Gasteiger partial charge is 0.341 e. The van der Waals surface area contributed by atoms with Crippen LogP contribution in [0.4, 0.5) is 25.8 Å². The predicted octanol–water partition coefficient (Wildman–Crippen LogP) is 3.27. The van der Waals surface area contributed by atoms with Crippen LogP contribution < -0.4 is 26.7 Å². The molecule has 0 atom stereocenters. The number of halogens is 2. The van der Waals surface area contributed by atoms with Gasteiger partial charge in [-0.3, -0.25) is 5.73 Å². The molecule has 0 unspecified atom stereocenters. The third kappa shape index (κ3) is 8.25. The van der Waals surface area contributed by atoms with Crippen molar-refractivity contribution in [3.63, 3.8) is 0 Å². The zero-order chi connectivity index (χ0) is 34.5. The van der Waals surface area contributed by atoms with E-state index in [4.69, 9.17) is 16.2 Å². The average molecular weight is 670 g/mol. The molecule has 2 aliphatic rings. The number of benzene rings is 4. The molecular weight excluding hydrogens is 626 g/mol. The van der Waals surface area contributed by atoms with E-state index in [2.05, 4.69) is 27.2 Å². The Balaban J connectivity index is 1.36. The van der Waals surface area contributed by atoms with Crippen molar-refractivity contribution >= 4 is 28.8 Å². The van der Waals surface area contributed by atoms with Crippen molar-refractivity contribution < 1.29 is 28.4 Å². The first kappa shape index (κ1) is 34.0. The summed E-state index contributed by atoms with van der Waals surface area (Å²) < 4.78 is 33.9. The van der Waals surface area contributed by atoms with Crippen LogP contribution in [0.1, 0.15) is 45.5 Å². The maximum atomic E-state index is 14.2. The molecule has 0 spiro atoms. The second-order valence-corrected chi connectivity index (χ2v) is 12.8. The van der Waals surface area contributed by atoms with Crippen molar-refractivity contribution in [2.24, 2.45) is 5.73 Å². The van der Waals surface area contributed by atoms with Crippen LogP contribution in [0.25, 0.3) is 11.1 Å². The van der Waals surface area contributed by atoms with Crippen molar-refractivity contribution in [3.8, 4) is 11.1 Å². The maximum Gasteiger partial charge on any atom is 0.341 e. The van der Waals surface area contributed by atoms with Crippen LogP contribution >= 0.6 is 0 Å². The number of nitrogen functional groups attached to an aromatic ring is 2. The molecule has 4 aromatic carbocycles. The highest BCUT2D eigenvalue weighted by atomic mass is 19.1. The number of carbonyl (C=O) groups is 1. The zero-order valence-corrected chi connectivity index (χ0v) is 27.6. The molecule has 4 aromatic rings. The highest BCUT2D eigenvalue weighted by molar-refractivity contribution is 6.04. The number of likely N-dealkylation sites (N-methyl/N-ethyl adjacent to an activating group) is 1.